The number of likely N-dealkylation sites (tertiary alicyclic amines) is 2. The highest BCUT2D eigenvalue weighted by Crippen LogP contribution is 2.35. The molecule has 0 bridgehead atoms. The lowest BCUT2D eigenvalue weighted by atomic mass is 9.92. The number of carboxylic acid groups (broad SMARTS) is 1. The first-order valence-corrected chi connectivity index (χ1v) is 26.9. The summed E-state index contributed by atoms with van der Waals surface area (Å²) >= 11 is 0. The highest BCUT2D eigenvalue weighted by Gasteiger charge is 2.37. The van der Waals surface area contributed by atoms with Crippen molar-refractivity contribution in [1.29, 1.82) is 5.26 Å². The van der Waals surface area contributed by atoms with Crippen molar-refractivity contribution in [3.05, 3.63) is 126 Å². The number of carbonyl (C=O) groups is 9. The van der Waals surface area contributed by atoms with Gasteiger partial charge in [-0.05, 0) is 99.2 Å². The lowest BCUT2D eigenvalue weighted by molar-refractivity contribution is -0.147. The highest BCUT2D eigenvalue weighted by atomic mass is 16.4. The molecule has 11 N–H and O–H groups in total. The second-order valence-electron chi connectivity index (χ2n) is 20.5. The van der Waals surface area contributed by atoms with E-state index in [4.69, 9.17) is 27.6 Å². The van der Waals surface area contributed by atoms with Gasteiger partial charge < -0.3 is 53.4 Å². The molecule has 6 aromatic heterocycles. The second kappa shape index (κ2) is 31.3. The summed E-state index contributed by atoms with van der Waals surface area (Å²) in [5.41, 5.74) is 19.5. The Morgan fingerprint density at radius 3 is 1.19 bits per heavy atom. The zero-order chi connectivity index (χ0) is 62.5. The first kappa shape index (κ1) is 65.6. The zero-order valence-corrected chi connectivity index (χ0v) is 48.2. The number of piperidine rings is 3. The molecule has 3 saturated heterocycles. The maximum atomic E-state index is 12.9. The number of amides is 8. The number of pyridine rings is 3. The predicted octanol–water partition coefficient (Wildman–Crippen LogP) is 2.92. The number of hydrogen-bond donors (Lipinski definition) is 8. The normalized spacial score (nSPS) is 18.6. The van der Waals surface area contributed by atoms with Gasteiger partial charge in [-0.2, -0.15) is 20.6 Å². The minimum Gasteiger partial charge on any atom is -0.474 e. The van der Waals surface area contributed by atoms with Gasteiger partial charge in [0.1, 0.15) is 0 Å². The summed E-state index contributed by atoms with van der Waals surface area (Å²) in [5, 5.41) is 38.7. The minimum atomic E-state index is -1.63. The van der Waals surface area contributed by atoms with Crippen LogP contribution in [0.5, 0.6) is 0 Å². The van der Waals surface area contributed by atoms with Gasteiger partial charge in [0.15, 0.2) is 0 Å². The third-order valence-corrected chi connectivity index (χ3v) is 13.9. The van der Waals surface area contributed by atoms with E-state index >= 15 is 0 Å². The molecule has 9 rings (SSSR count). The fourth-order valence-corrected chi connectivity index (χ4v) is 9.51. The summed E-state index contributed by atoms with van der Waals surface area (Å²) in [7, 11) is 5.64. The molecule has 450 valence electrons. The third-order valence-electron chi connectivity index (χ3n) is 13.9. The van der Waals surface area contributed by atoms with Crippen molar-refractivity contribution in [2.75, 3.05) is 35.6 Å². The van der Waals surface area contributed by atoms with E-state index in [0.29, 0.717) is 31.0 Å². The number of aromatic nitrogens is 9. The van der Waals surface area contributed by atoms with Crippen LogP contribution in [0.3, 0.4) is 0 Å². The van der Waals surface area contributed by atoms with Crippen LogP contribution in [0.4, 0.5) is 17.1 Å². The molecule has 3 fully saturated rings. The Labute approximate surface area is 489 Å². The summed E-state index contributed by atoms with van der Waals surface area (Å²) in [5.74, 6) is -6.26. The predicted molar refractivity (Wildman–Crippen MR) is 308 cm³/mol. The summed E-state index contributed by atoms with van der Waals surface area (Å²) in [6.45, 7) is 9.95. The number of nitriles is 1. The number of nitrogens with one attached hydrogen (secondary N) is 4. The molecule has 6 aromatic rings. The van der Waals surface area contributed by atoms with Crippen LogP contribution < -0.4 is 38.5 Å². The molecule has 29 heteroatoms. The van der Waals surface area contributed by atoms with Gasteiger partial charge in [0.05, 0.1) is 87.6 Å². The van der Waals surface area contributed by atoms with Gasteiger partial charge in [-0.25, -0.2) is 4.79 Å². The van der Waals surface area contributed by atoms with Crippen LogP contribution in [0, 0.1) is 29.1 Å². The Bertz CT molecular complexity index is 3230. The van der Waals surface area contributed by atoms with E-state index in [1.165, 1.54) is 80.8 Å². The van der Waals surface area contributed by atoms with Crippen LogP contribution in [-0.4, -0.2) is 132 Å². The number of hydrogen-bond acceptors (Lipinski definition) is 17. The van der Waals surface area contributed by atoms with Crippen LogP contribution in [0.2, 0.25) is 0 Å². The second-order valence-corrected chi connectivity index (χ2v) is 20.5. The quantitative estimate of drug-likeness (QED) is 0.0965. The molecule has 6 atom stereocenters. The fraction of sp³-hybridized carbons (Fsp3) is 0.393. The number of rotatable bonds is 9. The molecule has 8 amide bonds. The van der Waals surface area contributed by atoms with E-state index in [-0.39, 0.29) is 45.8 Å². The maximum absolute atomic E-state index is 12.9. The van der Waals surface area contributed by atoms with Crippen molar-refractivity contribution in [2.45, 2.75) is 84.3 Å². The van der Waals surface area contributed by atoms with Gasteiger partial charge in [-0.15, -0.1) is 0 Å². The SMILES string of the molecule is CC#N.CC1CCC(c2ccnn2C)NC1.C[C@@H]1CC[C@H](c2ccnn2C)N(C(=O)C(=O)Nc2cncc(C(N)=O)c2)C1.C[C@H]1CC[C@H](c2ccnn2C)N(C(=O)C(=O)Nc2cncc(C(N)=O)c2)C1.NC(=O)c1cncc(NC(=O)C(=O)O)c1. The van der Waals surface area contributed by atoms with Crippen LogP contribution >= 0.6 is 0 Å². The van der Waals surface area contributed by atoms with Crippen molar-refractivity contribution in [3.8, 4) is 6.07 Å². The lowest BCUT2D eigenvalue weighted by Crippen LogP contribution is -2.47. The number of aryl methyl sites for hydroxylation is 3. The van der Waals surface area contributed by atoms with E-state index in [1.54, 1.807) is 37.6 Å². The van der Waals surface area contributed by atoms with Gasteiger partial charge in [0, 0.05) is 84.4 Å². The average molecular weight is 1170 g/mol. The van der Waals surface area contributed by atoms with Gasteiger partial charge >= 0.3 is 35.5 Å². The molecule has 0 aliphatic carbocycles. The largest absolute Gasteiger partial charge is 0.474 e. The molecule has 0 spiro atoms. The smallest absolute Gasteiger partial charge is 0.394 e. The number of nitrogens with two attached hydrogens (primary N) is 3. The Morgan fingerprint density at radius 2 is 0.882 bits per heavy atom. The number of carboxylic acids is 1. The summed E-state index contributed by atoms with van der Waals surface area (Å²) < 4.78 is 5.41. The molecule has 0 saturated carbocycles. The lowest BCUT2D eigenvalue weighted by Gasteiger charge is -2.38. The number of aliphatic carboxylic acids is 1. The van der Waals surface area contributed by atoms with E-state index in [0.717, 1.165) is 49.5 Å². The van der Waals surface area contributed by atoms with Gasteiger partial charge in [0.25, 0.3) is 0 Å². The molecular weight excluding hydrogens is 1100 g/mol. The topological polar surface area (TPSA) is 422 Å². The number of nitrogens with zero attached hydrogens (tertiary/aromatic N) is 12. The van der Waals surface area contributed by atoms with E-state index in [9.17, 15) is 43.2 Å². The van der Waals surface area contributed by atoms with E-state index in [1.807, 2.05) is 49.5 Å². The highest BCUT2D eigenvalue weighted by molar-refractivity contribution is 6.40. The monoisotopic (exact) mass is 1170 g/mol. The standard InChI is InChI=1S/2C18H22N6O3.C10H17N3.C8H7N3O4.C2H3N/c2*1-11-3-4-15(14-5-6-21-23(14)2)24(10-11)18(27)17(26)22-13-7-12(16(19)25)8-20-9-13;1-8-3-4-9(11-7-8)10-5-6-12-13(10)2;9-6(12)4-1-5(3-10-2-4)11-7(13)8(14)15;1-2-3/h2*5-9,11,15H,3-4,10H2,1-2H3,(H2,19,25)(H,22,26);5-6,8-9,11H,3-4,7H2,1-2H3;1-3H,(H2,9,12)(H,11,13)(H,14,15);1H3/t11-,15+;11-,15-;;;/m01.../s1. The number of primary amides is 3. The molecule has 0 radical (unpaired) electrons. The van der Waals surface area contributed by atoms with E-state index < -0.39 is 53.2 Å². The molecule has 9 heterocycles. The Kier molecular flexibility index (Phi) is 24.1. The van der Waals surface area contributed by atoms with Crippen molar-refractivity contribution < 1.29 is 48.3 Å². The molecular formula is C56H71N19O10. The van der Waals surface area contributed by atoms with Gasteiger partial charge in [0.2, 0.25) is 17.7 Å². The molecule has 0 aromatic carbocycles. The number of anilines is 3. The number of carbonyl (C=O) groups excluding carboxylic acids is 8. The molecule has 2 unspecified atom stereocenters. The van der Waals surface area contributed by atoms with Crippen LogP contribution in [0.15, 0.2) is 92.2 Å². The Balaban J connectivity index is 0.000000213. The molecule has 3 aliphatic rings. The van der Waals surface area contributed by atoms with Crippen LogP contribution in [0.1, 0.15) is 133 Å². The molecule has 3 aliphatic heterocycles. The van der Waals surface area contributed by atoms with Crippen molar-refractivity contribution in [2.24, 2.45) is 56.1 Å². The first-order chi connectivity index (χ1) is 40.4. The summed E-state index contributed by atoms with van der Waals surface area (Å²) in [6, 6.07) is 11.7. The first-order valence-electron chi connectivity index (χ1n) is 26.9. The minimum absolute atomic E-state index is 0.0817. The fourth-order valence-electron chi connectivity index (χ4n) is 9.51. The zero-order valence-electron chi connectivity index (χ0n) is 48.2. The van der Waals surface area contributed by atoms with Gasteiger partial charge in [-0.3, -0.25) is 67.4 Å². The van der Waals surface area contributed by atoms with E-state index in [2.05, 4.69) is 73.0 Å². The van der Waals surface area contributed by atoms with Crippen molar-refractivity contribution in [3.63, 3.8) is 0 Å². The Hall–Kier alpha value is -10.2. The van der Waals surface area contributed by atoms with Crippen molar-refractivity contribution in [1.82, 2.24) is 59.4 Å². The molecule has 29 nitrogen and oxygen atoms in total. The third kappa shape index (κ3) is 18.9. The van der Waals surface area contributed by atoms with Crippen LogP contribution in [0.25, 0.3) is 0 Å². The average Bonchev–Trinajstić information content (AvgIpc) is 3.66. The molecule has 85 heavy (non-hydrogen) atoms. The van der Waals surface area contributed by atoms with Crippen molar-refractivity contribution >= 4 is 70.3 Å². The summed E-state index contributed by atoms with van der Waals surface area (Å²) in [4.78, 5) is 119. The van der Waals surface area contributed by atoms with Crippen LogP contribution in [-0.2, 0) is 49.9 Å². The maximum Gasteiger partial charge on any atom is 0.394 e. The van der Waals surface area contributed by atoms with Gasteiger partial charge in [-0.1, -0.05) is 20.8 Å². The Morgan fingerprint density at radius 1 is 0.541 bits per heavy atom. The summed E-state index contributed by atoms with van der Waals surface area (Å²) in [6.07, 6.45) is 19.0.